The number of nitrogens with zero attached hydrogens (tertiary/aromatic N) is 2. The molecule has 1 aliphatic carbocycles. The second-order valence-corrected chi connectivity index (χ2v) is 10.6. The molecule has 9 heteroatoms. The number of furan rings is 1. The van der Waals surface area contributed by atoms with E-state index in [0.717, 1.165) is 29.0 Å². The average Bonchev–Trinajstić information content (AvgIpc) is 3.30. The van der Waals surface area contributed by atoms with Gasteiger partial charge < -0.3 is 4.42 Å². The summed E-state index contributed by atoms with van der Waals surface area (Å²) in [5.41, 5.74) is 2.14. The zero-order valence-corrected chi connectivity index (χ0v) is 19.0. The molecule has 2 aromatic carbocycles. The zero-order valence-electron chi connectivity index (χ0n) is 17.4. The zero-order chi connectivity index (χ0) is 23.2. The van der Waals surface area contributed by atoms with Gasteiger partial charge in [-0.3, -0.25) is 4.79 Å². The van der Waals surface area contributed by atoms with Crippen LogP contribution >= 0.6 is 11.6 Å². The average molecular weight is 487 g/mol. The van der Waals surface area contributed by atoms with E-state index >= 15 is 0 Å². The molecule has 170 valence electrons. The summed E-state index contributed by atoms with van der Waals surface area (Å²) >= 11 is 5.96. The molecule has 2 heterocycles. The molecule has 0 radical (unpaired) electrons. The third kappa shape index (κ3) is 4.45. The van der Waals surface area contributed by atoms with Crippen LogP contribution in [-0.2, 0) is 14.6 Å². The minimum absolute atomic E-state index is 0.289. The predicted octanol–water partition coefficient (Wildman–Crippen LogP) is 5.10. The summed E-state index contributed by atoms with van der Waals surface area (Å²) in [6, 6.07) is 13.9. The summed E-state index contributed by atoms with van der Waals surface area (Å²) in [4.78, 5) is 12.6. The smallest absolute Gasteiger partial charge is 0.258 e. The minimum Gasteiger partial charge on any atom is -0.467 e. The van der Waals surface area contributed by atoms with E-state index in [1.165, 1.54) is 18.4 Å². The van der Waals surface area contributed by atoms with Crippen LogP contribution in [0.1, 0.15) is 48.1 Å². The maximum Gasteiger partial charge on any atom is 0.258 e. The molecular weight excluding hydrogens is 467 g/mol. The summed E-state index contributed by atoms with van der Waals surface area (Å²) in [6.45, 7) is 0. The molecule has 0 N–H and O–H groups in total. The van der Waals surface area contributed by atoms with E-state index in [0.29, 0.717) is 22.9 Å². The quantitative estimate of drug-likeness (QED) is 0.485. The largest absolute Gasteiger partial charge is 0.467 e. The summed E-state index contributed by atoms with van der Waals surface area (Å²) in [7, 11) is -4.21. The molecule has 1 aromatic heterocycles. The van der Waals surface area contributed by atoms with Crippen molar-refractivity contribution in [3.63, 3.8) is 0 Å². The van der Waals surface area contributed by atoms with Crippen molar-refractivity contribution in [1.82, 2.24) is 5.01 Å². The molecule has 3 aromatic rings. The van der Waals surface area contributed by atoms with Crippen LogP contribution in [0, 0.1) is 5.82 Å². The molecule has 1 fully saturated rings. The van der Waals surface area contributed by atoms with Crippen LogP contribution in [0.15, 0.2) is 75.3 Å². The Kier molecular flexibility index (Phi) is 5.58. The topological polar surface area (TPSA) is 80.0 Å². The normalized spacial score (nSPS) is 18.4. The van der Waals surface area contributed by atoms with Gasteiger partial charge in [-0.1, -0.05) is 29.8 Å². The van der Waals surface area contributed by atoms with Gasteiger partial charge in [-0.25, -0.2) is 17.8 Å². The van der Waals surface area contributed by atoms with Gasteiger partial charge in [0.25, 0.3) is 5.91 Å². The van der Waals surface area contributed by atoms with Gasteiger partial charge in [0.05, 0.1) is 12.0 Å². The molecular formula is C24H20ClFN2O4S. The summed E-state index contributed by atoms with van der Waals surface area (Å²) in [6.07, 6.45) is 3.76. The Labute approximate surface area is 195 Å². The Balaban J connectivity index is 1.42. The second kappa shape index (κ2) is 8.43. The lowest BCUT2D eigenvalue weighted by Crippen LogP contribution is -2.32. The molecule has 1 aliphatic heterocycles. The third-order valence-corrected chi connectivity index (χ3v) is 7.75. The third-order valence-electron chi connectivity index (χ3n) is 5.87. The van der Waals surface area contributed by atoms with Gasteiger partial charge in [-0.2, -0.15) is 5.10 Å². The van der Waals surface area contributed by atoms with Crippen LogP contribution < -0.4 is 0 Å². The van der Waals surface area contributed by atoms with Crippen molar-refractivity contribution in [2.24, 2.45) is 5.10 Å². The Morgan fingerprint density at radius 3 is 2.55 bits per heavy atom. The standard InChI is InChI=1S/C24H20ClFN2O4S/c25-18-8-5-16(6-9-18)20-13-21(22-2-1-11-32-22)28(27-20)24(29)14-33(30,31)23-10-7-17(12-19(23)26)15-3-4-15/h1-2,5-12,15,21H,3-4,13-14H2. The maximum absolute atomic E-state index is 14.6. The van der Waals surface area contributed by atoms with Gasteiger partial charge in [0, 0.05) is 11.4 Å². The van der Waals surface area contributed by atoms with E-state index in [2.05, 4.69) is 5.10 Å². The van der Waals surface area contributed by atoms with Crippen LogP contribution in [0.4, 0.5) is 4.39 Å². The van der Waals surface area contributed by atoms with Gasteiger partial charge in [-0.05, 0) is 66.3 Å². The molecule has 0 saturated heterocycles. The highest BCUT2D eigenvalue weighted by Crippen LogP contribution is 2.41. The summed E-state index contributed by atoms with van der Waals surface area (Å²) in [5.74, 6) is -1.72. The Morgan fingerprint density at radius 2 is 1.91 bits per heavy atom. The van der Waals surface area contributed by atoms with Gasteiger partial charge in [-0.15, -0.1) is 0 Å². The number of sulfone groups is 1. The number of rotatable bonds is 6. The van der Waals surface area contributed by atoms with E-state index in [9.17, 15) is 17.6 Å². The van der Waals surface area contributed by atoms with Crippen molar-refractivity contribution in [3.8, 4) is 0 Å². The molecule has 1 amide bonds. The first-order valence-corrected chi connectivity index (χ1v) is 12.6. The Bertz CT molecular complexity index is 1330. The van der Waals surface area contributed by atoms with E-state index < -0.39 is 38.3 Å². The van der Waals surface area contributed by atoms with E-state index in [1.807, 2.05) is 0 Å². The van der Waals surface area contributed by atoms with Crippen molar-refractivity contribution in [2.45, 2.75) is 36.1 Å². The van der Waals surface area contributed by atoms with Gasteiger partial charge in [0.1, 0.15) is 28.3 Å². The fraction of sp³-hybridized carbons (Fsp3) is 0.250. The van der Waals surface area contributed by atoms with Crippen molar-refractivity contribution >= 4 is 33.1 Å². The molecule has 2 aliphatic rings. The molecule has 33 heavy (non-hydrogen) atoms. The van der Waals surface area contributed by atoms with Crippen molar-refractivity contribution in [1.29, 1.82) is 0 Å². The molecule has 1 atom stereocenters. The second-order valence-electron chi connectivity index (χ2n) is 8.25. The fourth-order valence-electron chi connectivity index (χ4n) is 4.01. The first-order chi connectivity index (χ1) is 15.8. The maximum atomic E-state index is 14.6. The minimum atomic E-state index is -4.21. The van der Waals surface area contributed by atoms with Crippen LogP contribution in [0.25, 0.3) is 0 Å². The van der Waals surface area contributed by atoms with Crippen LogP contribution in [0.3, 0.4) is 0 Å². The van der Waals surface area contributed by atoms with E-state index in [-0.39, 0.29) is 5.92 Å². The van der Waals surface area contributed by atoms with E-state index in [4.69, 9.17) is 16.0 Å². The van der Waals surface area contributed by atoms with E-state index in [1.54, 1.807) is 42.5 Å². The lowest BCUT2D eigenvalue weighted by Gasteiger charge is -2.20. The number of hydrogen-bond acceptors (Lipinski definition) is 5. The fourth-order valence-corrected chi connectivity index (χ4v) is 5.38. The number of halogens is 2. The number of hydrogen-bond donors (Lipinski definition) is 0. The van der Waals surface area contributed by atoms with Gasteiger partial charge >= 0.3 is 0 Å². The first-order valence-electron chi connectivity index (χ1n) is 10.5. The lowest BCUT2D eigenvalue weighted by atomic mass is 10.0. The number of carbonyl (C=O) groups is 1. The number of benzene rings is 2. The molecule has 1 unspecified atom stereocenters. The molecule has 0 bridgehead atoms. The SMILES string of the molecule is O=C(CS(=O)(=O)c1ccc(C2CC2)cc1F)N1N=C(c2ccc(Cl)cc2)CC1c1ccco1. The first kappa shape index (κ1) is 21.9. The van der Waals surface area contributed by atoms with Crippen LogP contribution in [0.2, 0.25) is 5.02 Å². The summed E-state index contributed by atoms with van der Waals surface area (Å²) in [5, 5.41) is 6.10. The van der Waals surface area contributed by atoms with Gasteiger partial charge in [0.15, 0.2) is 9.84 Å². The Morgan fingerprint density at radius 1 is 1.15 bits per heavy atom. The number of carbonyl (C=O) groups excluding carboxylic acids is 1. The molecule has 0 spiro atoms. The van der Waals surface area contributed by atoms with Crippen LogP contribution in [-0.4, -0.2) is 30.8 Å². The lowest BCUT2D eigenvalue weighted by molar-refractivity contribution is -0.130. The van der Waals surface area contributed by atoms with Crippen molar-refractivity contribution in [3.05, 3.63) is 88.6 Å². The van der Waals surface area contributed by atoms with Crippen molar-refractivity contribution in [2.75, 3.05) is 5.75 Å². The number of amides is 1. The molecule has 1 saturated carbocycles. The van der Waals surface area contributed by atoms with Crippen LogP contribution in [0.5, 0.6) is 0 Å². The van der Waals surface area contributed by atoms with Crippen molar-refractivity contribution < 1.29 is 22.0 Å². The summed E-state index contributed by atoms with van der Waals surface area (Å²) < 4.78 is 45.9. The highest BCUT2D eigenvalue weighted by atomic mass is 35.5. The molecule has 6 nitrogen and oxygen atoms in total. The number of hydrazone groups is 1. The molecule has 5 rings (SSSR count). The van der Waals surface area contributed by atoms with Gasteiger partial charge in [0.2, 0.25) is 0 Å². The Hall–Kier alpha value is -2.97. The predicted molar refractivity (Wildman–Crippen MR) is 121 cm³/mol. The monoisotopic (exact) mass is 486 g/mol. The highest BCUT2D eigenvalue weighted by molar-refractivity contribution is 7.92. The highest BCUT2D eigenvalue weighted by Gasteiger charge is 2.37.